The van der Waals surface area contributed by atoms with Gasteiger partial charge in [-0.2, -0.15) is 8.78 Å². The van der Waals surface area contributed by atoms with Crippen molar-refractivity contribution in [3.8, 4) is 11.5 Å². The fraction of sp³-hybridized carbons (Fsp3) is 0.263. The summed E-state index contributed by atoms with van der Waals surface area (Å²) in [5, 5.41) is 12.2. The van der Waals surface area contributed by atoms with Crippen molar-refractivity contribution in [3.63, 3.8) is 0 Å². The minimum atomic E-state index is -2.51. The van der Waals surface area contributed by atoms with E-state index in [0.29, 0.717) is 34.5 Å². The van der Waals surface area contributed by atoms with Crippen molar-refractivity contribution in [1.82, 2.24) is 0 Å². The number of anilines is 1. The number of carbonyl (C=O) groups excluding carboxylic acids is 2. The van der Waals surface area contributed by atoms with E-state index in [0.717, 1.165) is 5.56 Å². The third kappa shape index (κ3) is 7.07. The zero-order valence-corrected chi connectivity index (χ0v) is 15.8. The van der Waals surface area contributed by atoms with E-state index in [1.807, 2.05) is 0 Å². The molecule has 1 amide bonds. The van der Waals surface area contributed by atoms with E-state index in [-0.39, 0.29) is 12.2 Å². The Bertz CT molecular complexity index is 814. The summed E-state index contributed by atoms with van der Waals surface area (Å²) in [6.07, 6.45) is 0.375. The molecule has 2 aromatic rings. The molecule has 0 radical (unpaired) electrons. The number of hydrogen-bond acceptors (Lipinski definition) is 6. The number of aromatic hydroxyl groups is 1. The molecule has 0 saturated heterocycles. The van der Waals surface area contributed by atoms with E-state index in [9.17, 15) is 23.5 Å². The zero-order chi connectivity index (χ0) is 20.5. The molecule has 0 fully saturated rings. The summed E-state index contributed by atoms with van der Waals surface area (Å²) in [4.78, 5) is 24.0. The summed E-state index contributed by atoms with van der Waals surface area (Å²) in [7, 11) is 1.44. The van der Waals surface area contributed by atoms with Crippen LogP contribution in [-0.2, 0) is 20.7 Å². The minimum absolute atomic E-state index is 0.0225. The van der Waals surface area contributed by atoms with Crippen molar-refractivity contribution in [1.29, 1.82) is 0 Å². The minimum Gasteiger partial charge on any atom is -0.504 e. The number of benzene rings is 2. The van der Waals surface area contributed by atoms with Crippen LogP contribution in [0.25, 0.3) is 0 Å². The van der Waals surface area contributed by atoms with Crippen molar-refractivity contribution in [2.75, 3.05) is 19.0 Å². The van der Waals surface area contributed by atoms with E-state index in [2.05, 4.69) is 5.32 Å². The molecule has 0 spiro atoms. The lowest BCUT2D eigenvalue weighted by Crippen LogP contribution is -2.21. The lowest BCUT2D eigenvalue weighted by atomic mass is 10.1. The Morgan fingerprint density at radius 1 is 1.18 bits per heavy atom. The standard InChI is InChI=1S/C19H19F2NO5S/c1-26-16-8-2-12(10-15(16)23)3-9-18(25)27-11-17(24)22-13-4-6-14(7-5-13)28-19(20)21/h2,4-8,10,19,23H,3,9,11H2,1H3,(H,22,24). The molecular weight excluding hydrogens is 392 g/mol. The first-order valence-corrected chi connectivity index (χ1v) is 9.11. The molecule has 0 unspecified atom stereocenters. The zero-order valence-electron chi connectivity index (χ0n) is 15.0. The highest BCUT2D eigenvalue weighted by atomic mass is 32.2. The molecule has 0 bridgehead atoms. The molecular formula is C19H19F2NO5S. The van der Waals surface area contributed by atoms with Crippen molar-refractivity contribution < 1.29 is 33.0 Å². The number of rotatable bonds is 9. The monoisotopic (exact) mass is 411 g/mol. The Hall–Kier alpha value is -2.81. The summed E-state index contributed by atoms with van der Waals surface area (Å²) in [6.45, 7) is -0.458. The van der Waals surface area contributed by atoms with Crippen molar-refractivity contribution in [2.24, 2.45) is 0 Å². The average Bonchev–Trinajstić information content (AvgIpc) is 2.66. The third-order valence-electron chi connectivity index (χ3n) is 3.59. The average molecular weight is 411 g/mol. The van der Waals surface area contributed by atoms with Gasteiger partial charge in [0.05, 0.1) is 7.11 Å². The predicted molar refractivity (Wildman–Crippen MR) is 101 cm³/mol. The quantitative estimate of drug-likeness (QED) is 0.482. The number of esters is 1. The summed E-state index contributed by atoms with van der Waals surface area (Å²) in [5.41, 5.74) is 1.13. The van der Waals surface area contributed by atoms with Gasteiger partial charge in [0.2, 0.25) is 0 Å². The van der Waals surface area contributed by atoms with Gasteiger partial charge >= 0.3 is 5.97 Å². The highest BCUT2D eigenvalue weighted by molar-refractivity contribution is 7.99. The number of alkyl halides is 2. The van der Waals surface area contributed by atoms with Crippen molar-refractivity contribution >= 4 is 29.3 Å². The molecule has 0 aliphatic rings. The molecule has 0 aliphatic heterocycles. The van der Waals surface area contributed by atoms with Crippen molar-refractivity contribution in [2.45, 2.75) is 23.5 Å². The highest BCUT2D eigenvalue weighted by Crippen LogP contribution is 2.27. The SMILES string of the molecule is COc1ccc(CCC(=O)OCC(=O)Nc2ccc(SC(F)F)cc2)cc1O. The van der Waals surface area contributed by atoms with Gasteiger partial charge < -0.3 is 19.9 Å². The maximum Gasteiger partial charge on any atom is 0.306 e. The van der Waals surface area contributed by atoms with Crippen LogP contribution in [-0.4, -0.2) is 36.5 Å². The Morgan fingerprint density at radius 3 is 2.50 bits per heavy atom. The van der Waals surface area contributed by atoms with E-state index in [1.54, 1.807) is 12.1 Å². The number of hydrogen-bond donors (Lipinski definition) is 2. The Labute approximate surface area is 164 Å². The van der Waals surface area contributed by atoms with Crippen LogP contribution in [0.5, 0.6) is 11.5 Å². The molecule has 2 N–H and O–H groups in total. The molecule has 2 rings (SSSR count). The van der Waals surface area contributed by atoms with Gasteiger partial charge in [0.25, 0.3) is 11.7 Å². The molecule has 2 aromatic carbocycles. The normalized spacial score (nSPS) is 10.6. The van der Waals surface area contributed by atoms with Crippen LogP contribution in [0.2, 0.25) is 0 Å². The smallest absolute Gasteiger partial charge is 0.306 e. The fourth-order valence-corrected chi connectivity index (χ4v) is 2.77. The Morgan fingerprint density at radius 2 is 1.89 bits per heavy atom. The lowest BCUT2D eigenvalue weighted by molar-refractivity contribution is -0.147. The van der Waals surface area contributed by atoms with Crippen LogP contribution in [0.4, 0.5) is 14.5 Å². The van der Waals surface area contributed by atoms with Gasteiger partial charge in [-0.3, -0.25) is 9.59 Å². The van der Waals surface area contributed by atoms with Crippen LogP contribution >= 0.6 is 11.8 Å². The maximum absolute atomic E-state index is 12.3. The molecule has 0 aromatic heterocycles. The molecule has 28 heavy (non-hydrogen) atoms. The molecule has 9 heteroatoms. The first-order valence-electron chi connectivity index (χ1n) is 8.23. The number of halogens is 2. The summed E-state index contributed by atoms with van der Waals surface area (Å²) in [5.74, 6) is -3.30. The van der Waals surface area contributed by atoms with Gasteiger partial charge in [0.1, 0.15) is 0 Å². The first kappa shape index (κ1) is 21.5. The lowest BCUT2D eigenvalue weighted by Gasteiger charge is -2.08. The van der Waals surface area contributed by atoms with Crippen LogP contribution in [0.15, 0.2) is 47.4 Å². The number of thioether (sulfide) groups is 1. The van der Waals surface area contributed by atoms with Crippen molar-refractivity contribution in [3.05, 3.63) is 48.0 Å². The molecule has 6 nitrogen and oxygen atoms in total. The third-order valence-corrected chi connectivity index (χ3v) is 4.31. The summed E-state index contributed by atoms with van der Waals surface area (Å²) < 4.78 is 34.4. The second-order valence-electron chi connectivity index (χ2n) is 5.62. The van der Waals surface area contributed by atoms with Gasteiger partial charge in [0, 0.05) is 17.0 Å². The molecule has 0 saturated carbocycles. The van der Waals surface area contributed by atoms with E-state index in [1.165, 1.54) is 37.4 Å². The van der Waals surface area contributed by atoms with Gasteiger partial charge in [-0.15, -0.1) is 0 Å². The predicted octanol–water partition coefficient (Wildman–Crippen LogP) is 3.83. The van der Waals surface area contributed by atoms with Crippen LogP contribution < -0.4 is 10.1 Å². The van der Waals surface area contributed by atoms with Crippen LogP contribution in [0, 0.1) is 0 Å². The number of nitrogens with one attached hydrogen (secondary N) is 1. The summed E-state index contributed by atoms with van der Waals surface area (Å²) >= 11 is 0.409. The molecule has 0 heterocycles. The first-order chi connectivity index (χ1) is 13.4. The number of methoxy groups -OCH3 is 1. The van der Waals surface area contributed by atoms with E-state index in [4.69, 9.17) is 9.47 Å². The number of aryl methyl sites for hydroxylation is 1. The molecule has 150 valence electrons. The summed E-state index contributed by atoms with van der Waals surface area (Å²) in [6, 6.07) is 10.7. The molecule has 0 aliphatic carbocycles. The Kier molecular flexibility index (Phi) is 8.06. The number of phenolic OH excluding ortho intramolecular Hbond substituents is 1. The number of ether oxygens (including phenoxy) is 2. The van der Waals surface area contributed by atoms with Crippen LogP contribution in [0.1, 0.15) is 12.0 Å². The topological polar surface area (TPSA) is 84.9 Å². The second-order valence-corrected chi connectivity index (χ2v) is 6.68. The Balaban J connectivity index is 1.73. The van der Waals surface area contributed by atoms with E-state index < -0.39 is 24.2 Å². The van der Waals surface area contributed by atoms with Gasteiger partial charge in [-0.1, -0.05) is 17.8 Å². The highest BCUT2D eigenvalue weighted by Gasteiger charge is 2.10. The fourth-order valence-electron chi connectivity index (χ4n) is 2.27. The molecule has 0 atom stereocenters. The van der Waals surface area contributed by atoms with Gasteiger partial charge in [-0.25, -0.2) is 0 Å². The van der Waals surface area contributed by atoms with Crippen LogP contribution in [0.3, 0.4) is 0 Å². The number of phenols is 1. The van der Waals surface area contributed by atoms with Gasteiger partial charge in [0.15, 0.2) is 18.1 Å². The van der Waals surface area contributed by atoms with E-state index >= 15 is 0 Å². The second kappa shape index (κ2) is 10.5. The number of carbonyl (C=O) groups is 2. The number of amides is 1. The largest absolute Gasteiger partial charge is 0.504 e. The maximum atomic E-state index is 12.3. The van der Waals surface area contributed by atoms with Gasteiger partial charge in [-0.05, 0) is 48.4 Å².